The molecule has 0 aliphatic carbocycles. The molecule has 0 saturated carbocycles. The summed E-state index contributed by atoms with van der Waals surface area (Å²) in [6.07, 6.45) is -2.75. The molecule has 4 N–H and O–H groups in total. The number of carboxylic acids is 1. The number of rotatable bonds is 15. The van der Waals surface area contributed by atoms with Crippen LogP contribution in [0.25, 0.3) is 5.57 Å². The summed E-state index contributed by atoms with van der Waals surface area (Å²) < 4.78 is 25.7. The molecule has 1 heterocycles. The second-order valence-corrected chi connectivity index (χ2v) is 13.1. The van der Waals surface area contributed by atoms with Gasteiger partial charge in [0.05, 0.1) is 44.1 Å². The molecule has 5 rings (SSSR count). The van der Waals surface area contributed by atoms with Crippen LogP contribution < -0.4 is 14.8 Å². The standard InChI is InChI=1S/C41H45FN2O7.Ca.2H/c1-26(2)39-37(40(49)43-34-20-19-33(50-3)25-35(34)51-4)38(27-11-7-5-8-12-27)41(28-13-9-6-10-14-28,29-15-17-30(42)18-16-29)44(39)22-21-31(45)23-32(46)24-36(47)48;;;/h5-20,25-26,31-32,39,45-46H,21-24H2,1-4H3,(H,43,49)(H,47,48);;;. The Bertz CT molecular complexity index is 1840. The predicted octanol–water partition coefficient (Wildman–Crippen LogP) is 5.58. The van der Waals surface area contributed by atoms with Crippen molar-refractivity contribution in [2.45, 2.75) is 56.9 Å². The Morgan fingerprint density at radius 2 is 1.48 bits per heavy atom. The number of carboxylic acid groups (broad SMARTS) is 1. The Morgan fingerprint density at radius 1 is 0.865 bits per heavy atom. The van der Waals surface area contributed by atoms with Crippen molar-refractivity contribution in [3.05, 3.63) is 131 Å². The van der Waals surface area contributed by atoms with Crippen LogP contribution in [0.1, 0.15) is 49.8 Å². The molecule has 4 aromatic rings. The Labute approximate surface area is 334 Å². The van der Waals surface area contributed by atoms with E-state index >= 15 is 0 Å². The van der Waals surface area contributed by atoms with Crippen molar-refractivity contribution in [2.24, 2.45) is 5.92 Å². The molecule has 4 aromatic carbocycles. The Morgan fingerprint density at radius 3 is 2.06 bits per heavy atom. The summed E-state index contributed by atoms with van der Waals surface area (Å²) in [6, 6.07) is 30.2. The van der Waals surface area contributed by atoms with Crippen LogP contribution >= 0.6 is 0 Å². The van der Waals surface area contributed by atoms with Gasteiger partial charge in [0.1, 0.15) is 17.3 Å². The number of ether oxygens (including phenoxy) is 2. The first-order valence-corrected chi connectivity index (χ1v) is 17.0. The number of hydrogen-bond acceptors (Lipinski definition) is 7. The predicted molar refractivity (Wildman–Crippen MR) is 203 cm³/mol. The molecule has 0 bridgehead atoms. The second-order valence-electron chi connectivity index (χ2n) is 13.1. The van der Waals surface area contributed by atoms with E-state index in [1.807, 2.05) is 74.5 Å². The van der Waals surface area contributed by atoms with E-state index in [0.29, 0.717) is 33.9 Å². The quantitative estimate of drug-likeness (QED) is 0.117. The minimum absolute atomic E-state index is 0. The number of aliphatic hydroxyl groups excluding tert-OH is 2. The average Bonchev–Trinajstić information content (AvgIpc) is 3.43. The molecular weight excluding hydrogens is 692 g/mol. The van der Waals surface area contributed by atoms with Crippen LogP contribution in [0.4, 0.5) is 10.1 Å². The number of halogens is 1. The normalized spacial score (nSPS) is 18.4. The van der Waals surface area contributed by atoms with E-state index < -0.39 is 42.0 Å². The molecule has 0 spiro atoms. The zero-order chi connectivity index (χ0) is 36.7. The SMILES string of the molecule is COc1ccc(NC(=O)C2=C(c3ccccc3)C(c3ccccc3)(c3ccc(F)cc3)N(CCC(O)CC(O)CC(=O)O)C2C(C)C)c(OC)c1.[CaH2]. The van der Waals surface area contributed by atoms with Gasteiger partial charge >= 0.3 is 43.7 Å². The Kier molecular flexibility index (Phi) is 14.4. The van der Waals surface area contributed by atoms with E-state index in [9.17, 15) is 29.3 Å². The maximum absolute atomic E-state index is 15.0. The van der Waals surface area contributed by atoms with Crippen LogP contribution in [-0.4, -0.2) is 109 Å². The molecular formula is C41H47CaFN2O7. The van der Waals surface area contributed by atoms with Crippen molar-refractivity contribution >= 4 is 60.9 Å². The zero-order valence-electron chi connectivity index (χ0n) is 29.3. The molecule has 1 amide bonds. The number of carbonyl (C=O) groups excluding carboxylic acids is 1. The Balaban J connectivity index is 0.00000605. The molecule has 1 aliphatic rings. The zero-order valence-corrected chi connectivity index (χ0v) is 29.3. The number of anilines is 1. The number of carbonyl (C=O) groups is 2. The van der Waals surface area contributed by atoms with Crippen molar-refractivity contribution < 1.29 is 38.8 Å². The van der Waals surface area contributed by atoms with Crippen LogP contribution in [0.15, 0.2) is 109 Å². The summed E-state index contributed by atoms with van der Waals surface area (Å²) in [4.78, 5) is 28.4. The van der Waals surface area contributed by atoms with Gasteiger partial charge in [0.2, 0.25) is 0 Å². The number of hydrogen-bond donors (Lipinski definition) is 4. The van der Waals surface area contributed by atoms with Gasteiger partial charge in [0.15, 0.2) is 0 Å². The van der Waals surface area contributed by atoms with Crippen molar-refractivity contribution in [3.8, 4) is 11.5 Å². The molecule has 4 atom stereocenters. The molecule has 1 aliphatic heterocycles. The Hall–Kier alpha value is -3.77. The van der Waals surface area contributed by atoms with Crippen LogP contribution in [-0.2, 0) is 15.1 Å². The number of amides is 1. The topological polar surface area (TPSA) is 129 Å². The first-order chi connectivity index (χ1) is 24.5. The molecule has 0 fully saturated rings. The summed E-state index contributed by atoms with van der Waals surface area (Å²) in [6.45, 7) is 4.29. The fourth-order valence-corrected chi connectivity index (χ4v) is 7.32. The van der Waals surface area contributed by atoms with Gasteiger partial charge in [-0.25, -0.2) is 4.39 Å². The van der Waals surface area contributed by atoms with E-state index in [1.165, 1.54) is 19.2 Å². The van der Waals surface area contributed by atoms with Crippen LogP contribution in [0.5, 0.6) is 11.5 Å². The molecule has 272 valence electrons. The number of aliphatic carboxylic acids is 1. The van der Waals surface area contributed by atoms with E-state index in [4.69, 9.17) is 9.47 Å². The molecule has 9 nitrogen and oxygen atoms in total. The third kappa shape index (κ3) is 8.71. The van der Waals surface area contributed by atoms with E-state index in [2.05, 4.69) is 10.2 Å². The van der Waals surface area contributed by atoms with Gasteiger partial charge in [0.25, 0.3) is 5.91 Å². The van der Waals surface area contributed by atoms with Crippen molar-refractivity contribution in [1.82, 2.24) is 4.90 Å². The first kappa shape index (κ1) is 41.0. The van der Waals surface area contributed by atoms with Crippen molar-refractivity contribution in [3.63, 3.8) is 0 Å². The third-order valence-electron chi connectivity index (χ3n) is 9.40. The molecule has 4 unspecified atom stereocenters. The number of methoxy groups -OCH3 is 2. The van der Waals surface area contributed by atoms with Crippen LogP contribution in [0.3, 0.4) is 0 Å². The summed E-state index contributed by atoms with van der Waals surface area (Å²) in [5.74, 6) is -1.11. The summed E-state index contributed by atoms with van der Waals surface area (Å²) >= 11 is 0. The molecule has 0 aromatic heterocycles. The fourth-order valence-electron chi connectivity index (χ4n) is 7.32. The molecule has 0 radical (unpaired) electrons. The van der Waals surface area contributed by atoms with Gasteiger partial charge in [-0.15, -0.1) is 0 Å². The van der Waals surface area contributed by atoms with Crippen LogP contribution in [0, 0.1) is 11.7 Å². The van der Waals surface area contributed by atoms with Gasteiger partial charge in [-0.3, -0.25) is 14.5 Å². The fraction of sp³-hybridized carbons (Fsp3) is 0.317. The molecule has 0 saturated heterocycles. The number of aliphatic hydroxyl groups is 2. The number of benzene rings is 4. The van der Waals surface area contributed by atoms with Gasteiger partial charge in [-0.2, -0.15) is 0 Å². The third-order valence-corrected chi connectivity index (χ3v) is 9.40. The van der Waals surface area contributed by atoms with E-state index in [-0.39, 0.29) is 68.9 Å². The van der Waals surface area contributed by atoms with Gasteiger partial charge < -0.3 is 30.1 Å². The van der Waals surface area contributed by atoms with Crippen molar-refractivity contribution in [1.29, 1.82) is 0 Å². The van der Waals surface area contributed by atoms with Gasteiger partial charge in [0, 0.05) is 24.2 Å². The van der Waals surface area contributed by atoms with Crippen LogP contribution in [0.2, 0.25) is 0 Å². The monoisotopic (exact) mass is 738 g/mol. The van der Waals surface area contributed by atoms with Gasteiger partial charge in [-0.1, -0.05) is 86.6 Å². The first-order valence-electron chi connectivity index (χ1n) is 17.0. The number of nitrogens with zero attached hydrogens (tertiary/aromatic N) is 1. The van der Waals surface area contributed by atoms with E-state index in [0.717, 1.165) is 11.1 Å². The minimum atomic E-state index is -1.23. The second kappa shape index (κ2) is 18.3. The maximum atomic E-state index is 15.0. The average molecular weight is 739 g/mol. The molecule has 11 heteroatoms. The summed E-state index contributed by atoms with van der Waals surface area (Å²) in [5, 5.41) is 33.8. The number of nitrogens with one attached hydrogen (secondary N) is 1. The van der Waals surface area contributed by atoms with E-state index in [1.54, 1.807) is 37.4 Å². The summed E-state index contributed by atoms with van der Waals surface area (Å²) in [7, 11) is 3.06. The van der Waals surface area contributed by atoms with Crippen molar-refractivity contribution in [2.75, 3.05) is 26.1 Å². The van der Waals surface area contributed by atoms with Gasteiger partial charge in [-0.05, 0) is 65.3 Å². The molecule has 52 heavy (non-hydrogen) atoms. The summed E-state index contributed by atoms with van der Waals surface area (Å²) in [5.41, 5.74) is 2.78.